The van der Waals surface area contributed by atoms with E-state index in [0.717, 1.165) is 16.3 Å². The first-order valence-electron chi connectivity index (χ1n) is 9.32. The highest BCUT2D eigenvalue weighted by atomic mass is 35.5. The van der Waals surface area contributed by atoms with Gasteiger partial charge in [-0.25, -0.2) is 0 Å². The number of rotatable bonds is 6. The van der Waals surface area contributed by atoms with E-state index in [1.807, 2.05) is 62.4 Å². The molecule has 0 saturated heterocycles. The van der Waals surface area contributed by atoms with Crippen LogP contribution in [0.4, 0.5) is 0 Å². The molecule has 1 unspecified atom stereocenters. The van der Waals surface area contributed by atoms with Gasteiger partial charge in [0, 0.05) is 16.8 Å². The van der Waals surface area contributed by atoms with E-state index in [9.17, 15) is 0 Å². The number of benzene rings is 2. The van der Waals surface area contributed by atoms with E-state index in [1.165, 1.54) is 22.9 Å². The summed E-state index contributed by atoms with van der Waals surface area (Å²) in [6.45, 7) is 12.3. The predicted molar refractivity (Wildman–Crippen MR) is 125 cm³/mol. The summed E-state index contributed by atoms with van der Waals surface area (Å²) in [6.07, 6.45) is 9.41. The molecule has 0 heterocycles. The third-order valence-corrected chi connectivity index (χ3v) is 4.36. The molecule has 2 aromatic rings. The van der Waals surface area contributed by atoms with Crippen molar-refractivity contribution in [1.29, 1.82) is 0 Å². The molecule has 2 nitrogen and oxygen atoms in total. The Bertz CT molecular complexity index is 830. The monoisotopic (exact) mass is 394 g/mol. The van der Waals surface area contributed by atoms with Gasteiger partial charge >= 0.3 is 0 Å². The fourth-order valence-electron chi connectivity index (χ4n) is 2.37. The zero-order chi connectivity index (χ0) is 20.9. The molecule has 2 rings (SSSR count). The van der Waals surface area contributed by atoms with Crippen LogP contribution in [0.2, 0.25) is 5.02 Å². The first kappa shape index (κ1) is 23.3. The molecule has 3 heteroatoms. The van der Waals surface area contributed by atoms with E-state index in [4.69, 9.17) is 17.3 Å². The topological polar surface area (TPSA) is 38.0 Å². The van der Waals surface area contributed by atoms with E-state index in [1.54, 1.807) is 0 Å². The van der Waals surface area contributed by atoms with Gasteiger partial charge in [-0.15, -0.1) is 0 Å². The molecule has 1 atom stereocenters. The van der Waals surface area contributed by atoms with Gasteiger partial charge in [0.2, 0.25) is 0 Å². The van der Waals surface area contributed by atoms with Crippen LogP contribution in [0.15, 0.2) is 90.8 Å². The molecule has 0 spiro atoms. The molecule has 3 N–H and O–H groups in total. The van der Waals surface area contributed by atoms with E-state index in [0.29, 0.717) is 0 Å². The van der Waals surface area contributed by atoms with Crippen LogP contribution < -0.4 is 11.1 Å². The number of hydrogen-bond acceptors (Lipinski definition) is 2. The van der Waals surface area contributed by atoms with Crippen molar-refractivity contribution in [3.63, 3.8) is 0 Å². The van der Waals surface area contributed by atoms with Crippen molar-refractivity contribution in [2.75, 3.05) is 0 Å². The molecule has 0 fully saturated rings. The first-order valence-corrected chi connectivity index (χ1v) is 9.70. The van der Waals surface area contributed by atoms with Crippen LogP contribution in [0.1, 0.15) is 43.5 Å². The summed E-state index contributed by atoms with van der Waals surface area (Å²) < 4.78 is 0. The molecule has 0 aliphatic heterocycles. The van der Waals surface area contributed by atoms with Crippen LogP contribution in [-0.4, -0.2) is 0 Å². The Balaban J connectivity index is 0.000000480. The fraction of sp³-hybridized carbons (Fsp3) is 0.200. The third-order valence-electron chi connectivity index (χ3n) is 4.11. The normalized spacial score (nSPS) is 12.5. The second kappa shape index (κ2) is 12.6. The molecular weight excluding hydrogens is 364 g/mol. The Morgan fingerprint density at radius 3 is 2.36 bits per heavy atom. The maximum Gasteiger partial charge on any atom is 0.0485 e. The number of hydrogen-bond donors (Lipinski definition) is 2. The van der Waals surface area contributed by atoms with E-state index in [-0.39, 0.29) is 6.04 Å². The van der Waals surface area contributed by atoms with Crippen LogP contribution in [0.5, 0.6) is 0 Å². The number of nitrogens with two attached hydrogens (primary N) is 1. The highest BCUT2D eigenvalue weighted by molar-refractivity contribution is 6.30. The van der Waals surface area contributed by atoms with Gasteiger partial charge in [-0.05, 0) is 69.3 Å². The Labute approximate surface area is 175 Å². The van der Waals surface area contributed by atoms with Gasteiger partial charge in [0.05, 0.1) is 0 Å². The van der Waals surface area contributed by atoms with Crippen LogP contribution in [0.3, 0.4) is 0 Å². The third kappa shape index (κ3) is 9.29. The van der Waals surface area contributed by atoms with Crippen molar-refractivity contribution in [3.05, 3.63) is 113 Å². The highest BCUT2D eigenvalue weighted by Crippen LogP contribution is 2.16. The van der Waals surface area contributed by atoms with Gasteiger partial charge in [-0.1, -0.05) is 77.9 Å². The molecule has 0 amide bonds. The molecule has 0 aliphatic rings. The quantitative estimate of drug-likeness (QED) is 0.520. The Kier molecular flexibility index (Phi) is 10.5. The zero-order valence-electron chi connectivity index (χ0n) is 17.2. The van der Waals surface area contributed by atoms with Crippen molar-refractivity contribution in [3.8, 4) is 0 Å². The summed E-state index contributed by atoms with van der Waals surface area (Å²) in [5, 5.41) is 4.15. The molecule has 28 heavy (non-hydrogen) atoms. The van der Waals surface area contributed by atoms with Crippen molar-refractivity contribution in [1.82, 2.24) is 5.32 Å². The molecular formula is C25H31ClN2. The van der Waals surface area contributed by atoms with Crippen LogP contribution in [0, 0.1) is 6.92 Å². The minimum absolute atomic E-state index is 0.229. The second-order valence-electron chi connectivity index (χ2n) is 6.58. The lowest BCUT2D eigenvalue weighted by Gasteiger charge is -2.16. The lowest BCUT2D eigenvalue weighted by molar-refractivity contribution is 0.667. The maximum atomic E-state index is 5.87. The second-order valence-corrected chi connectivity index (χ2v) is 7.02. The Hall–Kier alpha value is -2.71. The minimum atomic E-state index is 0.229. The summed E-state index contributed by atoms with van der Waals surface area (Å²) >= 11 is 5.87. The molecule has 0 bridgehead atoms. The molecule has 0 aromatic heterocycles. The minimum Gasteiger partial charge on any atom is -0.405 e. The number of aryl methyl sites for hydroxylation is 1. The van der Waals surface area contributed by atoms with E-state index >= 15 is 0 Å². The SMILES string of the molecule is C/C=C(C)\C=C/N.C=C(/C=C/c1ccc(Cl)cc1)NC(C)c1cccc(C)c1. The van der Waals surface area contributed by atoms with Gasteiger partial charge < -0.3 is 11.1 Å². The van der Waals surface area contributed by atoms with Crippen LogP contribution in [0.25, 0.3) is 6.08 Å². The van der Waals surface area contributed by atoms with Gasteiger partial charge in [-0.2, -0.15) is 0 Å². The van der Waals surface area contributed by atoms with Gasteiger partial charge in [-0.3, -0.25) is 0 Å². The maximum absolute atomic E-state index is 5.87. The predicted octanol–water partition coefficient (Wildman–Crippen LogP) is 6.95. The summed E-state index contributed by atoms with van der Waals surface area (Å²) in [6, 6.07) is 16.5. The van der Waals surface area contributed by atoms with E-state index in [2.05, 4.69) is 50.0 Å². The Morgan fingerprint density at radius 1 is 1.14 bits per heavy atom. The number of halogens is 1. The number of allylic oxidation sites excluding steroid dienone is 4. The van der Waals surface area contributed by atoms with Gasteiger partial charge in [0.25, 0.3) is 0 Å². The zero-order valence-corrected chi connectivity index (χ0v) is 18.0. The fourth-order valence-corrected chi connectivity index (χ4v) is 2.49. The van der Waals surface area contributed by atoms with E-state index < -0.39 is 0 Å². The van der Waals surface area contributed by atoms with Crippen LogP contribution >= 0.6 is 11.6 Å². The highest BCUT2D eigenvalue weighted by Gasteiger charge is 2.04. The van der Waals surface area contributed by atoms with Crippen molar-refractivity contribution >= 4 is 17.7 Å². The van der Waals surface area contributed by atoms with Gasteiger partial charge in [0.1, 0.15) is 0 Å². The van der Waals surface area contributed by atoms with Crippen molar-refractivity contribution in [2.45, 2.75) is 33.7 Å². The van der Waals surface area contributed by atoms with Crippen molar-refractivity contribution in [2.24, 2.45) is 5.73 Å². The largest absolute Gasteiger partial charge is 0.405 e. The van der Waals surface area contributed by atoms with Gasteiger partial charge in [0.15, 0.2) is 0 Å². The first-order chi connectivity index (χ1) is 13.3. The summed E-state index contributed by atoms with van der Waals surface area (Å²) in [5.74, 6) is 0. The molecule has 2 aromatic carbocycles. The molecule has 148 valence electrons. The summed E-state index contributed by atoms with van der Waals surface area (Å²) in [4.78, 5) is 0. The Morgan fingerprint density at radius 2 is 1.82 bits per heavy atom. The smallest absolute Gasteiger partial charge is 0.0485 e. The molecule has 0 aliphatic carbocycles. The van der Waals surface area contributed by atoms with Crippen LogP contribution in [-0.2, 0) is 0 Å². The average Bonchev–Trinajstić information content (AvgIpc) is 2.68. The average molecular weight is 395 g/mol. The summed E-state index contributed by atoms with van der Waals surface area (Å²) in [5.41, 5.74) is 10.8. The molecule has 0 radical (unpaired) electrons. The standard InChI is InChI=1S/C19H20ClN.C6H11N/c1-14-5-4-6-18(13-14)16(3)21-15(2)7-8-17-9-11-19(20)12-10-17;1-3-6(2)4-5-7/h4-13,16,21H,2H2,1,3H3;3-5H,7H2,1-2H3/b8-7+;5-4-,6-3-. The molecule has 0 saturated carbocycles. The lowest BCUT2D eigenvalue weighted by atomic mass is 10.1. The number of nitrogens with one attached hydrogen (secondary N) is 1. The summed E-state index contributed by atoms with van der Waals surface area (Å²) in [7, 11) is 0. The lowest BCUT2D eigenvalue weighted by Crippen LogP contribution is -2.16. The van der Waals surface area contributed by atoms with Crippen molar-refractivity contribution < 1.29 is 0 Å².